The average Bonchev–Trinajstić information content (AvgIpc) is 2.84. The van der Waals surface area contributed by atoms with E-state index in [0.717, 1.165) is 23.7 Å². The van der Waals surface area contributed by atoms with Crippen molar-refractivity contribution in [2.24, 2.45) is 5.92 Å². The summed E-state index contributed by atoms with van der Waals surface area (Å²) < 4.78 is 0. The quantitative estimate of drug-likeness (QED) is 0.871. The van der Waals surface area contributed by atoms with Crippen LogP contribution in [0.4, 0.5) is 0 Å². The molecule has 2 aromatic rings. The molecule has 4 heteroatoms. The van der Waals surface area contributed by atoms with Crippen LogP contribution in [-0.2, 0) is 6.54 Å². The molecule has 0 atom stereocenters. The molecule has 0 aromatic carbocycles. The molecule has 0 bridgehead atoms. The summed E-state index contributed by atoms with van der Waals surface area (Å²) in [7, 11) is 0. The lowest BCUT2D eigenvalue weighted by Crippen LogP contribution is -2.19. The van der Waals surface area contributed by atoms with Crippen LogP contribution < -0.4 is 5.32 Å². The van der Waals surface area contributed by atoms with E-state index in [4.69, 9.17) is 4.98 Å². The number of aromatic nitrogens is 2. The van der Waals surface area contributed by atoms with Gasteiger partial charge in [-0.1, -0.05) is 27.7 Å². The van der Waals surface area contributed by atoms with Crippen molar-refractivity contribution in [3.8, 4) is 10.6 Å². The number of rotatable bonds is 6. The molecule has 0 radical (unpaired) electrons. The summed E-state index contributed by atoms with van der Waals surface area (Å²) in [5, 5.41) is 4.61. The highest BCUT2D eigenvalue weighted by molar-refractivity contribution is 7.15. The molecule has 2 rings (SSSR count). The highest BCUT2D eigenvalue weighted by Crippen LogP contribution is 2.31. The van der Waals surface area contributed by atoms with Gasteiger partial charge in [0.1, 0.15) is 5.01 Å². The van der Waals surface area contributed by atoms with Gasteiger partial charge in [0.05, 0.1) is 5.69 Å². The molecule has 20 heavy (non-hydrogen) atoms. The van der Waals surface area contributed by atoms with Gasteiger partial charge in [-0.2, -0.15) is 0 Å². The minimum Gasteiger partial charge on any atom is -0.312 e. The van der Waals surface area contributed by atoms with E-state index in [-0.39, 0.29) is 0 Å². The Morgan fingerprint density at radius 3 is 2.45 bits per heavy atom. The van der Waals surface area contributed by atoms with Crippen molar-refractivity contribution in [2.45, 2.75) is 40.2 Å². The number of hydrogen-bond donors (Lipinski definition) is 1. The summed E-state index contributed by atoms with van der Waals surface area (Å²) in [4.78, 5) is 10.3. The van der Waals surface area contributed by atoms with Crippen molar-refractivity contribution in [1.82, 2.24) is 15.3 Å². The van der Waals surface area contributed by atoms with E-state index in [0.29, 0.717) is 11.8 Å². The lowest BCUT2D eigenvalue weighted by atomic mass is 10.1. The van der Waals surface area contributed by atoms with Crippen molar-refractivity contribution < 1.29 is 0 Å². The third kappa shape index (κ3) is 3.87. The summed E-state index contributed by atoms with van der Waals surface area (Å²) in [6.07, 6.45) is 3.64. The summed E-state index contributed by atoms with van der Waals surface area (Å²) in [6, 6.07) is 4.04. The second-order valence-electron chi connectivity index (χ2n) is 5.74. The van der Waals surface area contributed by atoms with E-state index >= 15 is 0 Å². The van der Waals surface area contributed by atoms with Crippen LogP contribution in [0.5, 0.6) is 0 Å². The molecule has 3 nitrogen and oxygen atoms in total. The van der Waals surface area contributed by atoms with Gasteiger partial charge in [0.2, 0.25) is 0 Å². The van der Waals surface area contributed by atoms with Crippen molar-refractivity contribution in [1.29, 1.82) is 0 Å². The van der Waals surface area contributed by atoms with Gasteiger partial charge in [0.15, 0.2) is 0 Å². The largest absolute Gasteiger partial charge is 0.312 e. The van der Waals surface area contributed by atoms with Crippen LogP contribution in [0.2, 0.25) is 0 Å². The first kappa shape index (κ1) is 15.1. The summed E-state index contributed by atoms with van der Waals surface area (Å²) in [6.45, 7) is 10.8. The Bertz CT molecular complexity index is 532. The third-order valence-corrected chi connectivity index (χ3v) is 4.16. The summed E-state index contributed by atoms with van der Waals surface area (Å²) in [5.74, 6) is 1.13. The molecule has 0 saturated carbocycles. The third-order valence-electron chi connectivity index (χ3n) is 3.04. The second kappa shape index (κ2) is 6.95. The second-order valence-corrected chi connectivity index (χ2v) is 6.83. The van der Waals surface area contributed by atoms with Crippen LogP contribution in [0.1, 0.15) is 44.2 Å². The fraction of sp³-hybridized carbons (Fsp3) is 0.500. The number of thiazole rings is 1. The first-order valence-electron chi connectivity index (χ1n) is 7.18. The van der Waals surface area contributed by atoms with Crippen molar-refractivity contribution in [2.75, 3.05) is 6.54 Å². The zero-order chi connectivity index (χ0) is 14.5. The Balaban J connectivity index is 2.20. The first-order valence-corrected chi connectivity index (χ1v) is 8.00. The number of nitrogens with one attached hydrogen (secondary N) is 1. The van der Waals surface area contributed by atoms with Crippen molar-refractivity contribution in [3.05, 3.63) is 35.1 Å². The lowest BCUT2D eigenvalue weighted by Gasteiger charge is -2.08. The van der Waals surface area contributed by atoms with E-state index in [2.05, 4.69) is 38.0 Å². The van der Waals surface area contributed by atoms with Gasteiger partial charge in [0.25, 0.3) is 0 Å². The molecule has 0 spiro atoms. The van der Waals surface area contributed by atoms with Gasteiger partial charge in [-0.05, 0) is 30.5 Å². The highest BCUT2D eigenvalue weighted by Gasteiger charge is 2.15. The SMILES string of the molecule is CC(C)CNCc1sc(-c2ccncc2)nc1C(C)C. The predicted octanol–water partition coefficient (Wildman–Crippen LogP) is 4.07. The number of hydrogen-bond acceptors (Lipinski definition) is 4. The monoisotopic (exact) mass is 289 g/mol. The molecule has 0 saturated heterocycles. The molecule has 0 aliphatic rings. The van der Waals surface area contributed by atoms with Crippen LogP contribution in [0.3, 0.4) is 0 Å². The van der Waals surface area contributed by atoms with Crippen LogP contribution in [0, 0.1) is 5.92 Å². The van der Waals surface area contributed by atoms with E-state index < -0.39 is 0 Å². The lowest BCUT2D eigenvalue weighted by molar-refractivity contribution is 0.552. The molecule has 0 fully saturated rings. The normalized spacial score (nSPS) is 11.5. The van der Waals surface area contributed by atoms with Crippen LogP contribution in [0.25, 0.3) is 10.6 Å². The fourth-order valence-corrected chi connectivity index (χ4v) is 3.23. The maximum Gasteiger partial charge on any atom is 0.124 e. The van der Waals surface area contributed by atoms with Crippen LogP contribution in [0.15, 0.2) is 24.5 Å². The Morgan fingerprint density at radius 2 is 1.85 bits per heavy atom. The van der Waals surface area contributed by atoms with Gasteiger partial charge >= 0.3 is 0 Å². The van der Waals surface area contributed by atoms with Crippen LogP contribution in [-0.4, -0.2) is 16.5 Å². The average molecular weight is 289 g/mol. The Hall–Kier alpha value is -1.26. The molecule has 0 amide bonds. The Kier molecular flexibility index (Phi) is 5.26. The maximum absolute atomic E-state index is 4.83. The van der Waals surface area contributed by atoms with Crippen molar-refractivity contribution >= 4 is 11.3 Å². The fourth-order valence-electron chi connectivity index (χ4n) is 2.03. The standard InChI is InChI=1S/C16H23N3S/c1-11(2)9-18-10-14-15(12(3)4)19-16(20-14)13-5-7-17-8-6-13/h5-8,11-12,18H,9-10H2,1-4H3. The zero-order valence-corrected chi connectivity index (χ0v) is 13.5. The molecule has 0 aliphatic heterocycles. The number of nitrogens with zero attached hydrogens (tertiary/aromatic N) is 2. The van der Waals surface area contributed by atoms with E-state index in [1.165, 1.54) is 10.6 Å². The molecule has 108 valence electrons. The van der Waals surface area contributed by atoms with Crippen LogP contribution >= 0.6 is 11.3 Å². The minimum absolute atomic E-state index is 0.456. The van der Waals surface area contributed by atoms with Crippen molar-refractivity contribution in [3.63, 3.8) is 0 Å². The summed E-state index contributed by atoms with van der Waals surface area (Å²) >= 11 is 1.79. The smallest absolute Gasteiger partial charge is 0.124 e. The van der Waals surface area contributed by atoms with Gasteiger partial charge in [-0.25, -0.2) is 4.98 Å². The minimum atomic E-state index is 0.456. The summed E-state index contributed by atoms with van der Waals surface area (Å²) in [5.41, 5.74) is 2.38. The van der Waals surface area contributed by atoms with E-state index in [1.54, 1.807) is 11.3 Å². The van der Waals surface area contributed by atoms with Gasteiger partial charge < -0.3 is 5.32 Å². The molecule has 0 unspecified atom stereocenters. The van der Waals surface area contributed by atoms with Gasteiger partial charge in [-0.15, -0.1) is 11.3 Å². The molecule has 2 aromatic heterocycles. The highest BCUT2D eigenvalue weighted by atomic mass is 32.1. The molecule has 2 heterocycles. The Morgan fingerprint density at radius 1 is 1.15 bits per heavy atom. The molecule has 1 N–H and O–H groups in total. The maximum atomic E-state index is 4.83. The van der Waals surface area contributed by atoms with Gasteiger partial charge in [-0.3, -0.25) is 4.98 Å². The van der Waals surface area contributed by atoms with E-state index in [1.807, 2.05) is 24.5 Å². The zero-order valence-electron chi connectivity index (χ0n) is 12.7. The number of pyridine rings is 1. The molecular formula is C16H23N3S. The van der Waals surface area contributed by atoms with E-state index in [9.17, 15) is 0 Å². The predicted molar refractivity (Wildman–Crippen MR) is 86.0 cm³/mol. The molecule has 0 aliphatic carbocycles. The molecular weight excluding hydrogens is 266 g/mol. The first-order chi connectivity index (χ1) is 9.58. The Labute approximate surface area is 125 Å². The van der Waals surface area contributed by atoms with Gasteiger partial charge in [0, 0.05) is 29.4 Å². The topological polar surface area (TPSA) is 37.8 Å².